The molecule has 0 heterocycles. The lowest BCUT2D eigenvalue weighted by molar-refractivity contribution is -0.143. The van der Waals surface area contributed by atoms with Gasteiger partial charge in [-0.1, -0.05) is 75.1 Å². The quantitative estimate of drug-likeness (QED) is 0.225. The standard InChI is InChI=1S/C25H32O4/c1-2-20-28-24(26)14-10-5-3-4-6-11-15-25(27)29-23-18-16-22(17-19-23)21-12-8-7-9-13-21/h7-9,12-13,16-19H,2-6,10-11,14-15,20H2,1H3. The molecule has 0 amide bonds. The van der Waals surface area contributed by atoms with E-state index in [-0.39, 0.29) is 11.9 Å². The molecule has 0 aliphatic carbocycles. The summed E-state index contributed by atoms with van der Waals surface area (Å²) in [6, 6.07) is 17.7. The van der Waals surface area contributed by atoms with E-state index < -0.39 is 0 Å². The van der Waals surface area contributed by atoms with Crippen LogP contribution in [-0.4, -0.2) is 18.5 Å². The molecule has 156 valence electrons. The zero-order valence-corrected chi connectivity index (χ0v) is 17.4. The zero-order valence-electron chi connectivity index (χ0n) is 17.4. The highest BCUT2D eigenvalue weighted by Gasteiger charge is 2.06. The molecule has 0 saturated carbocycles. The molecular weight excluding hydrogens is 364 g/mol. The maximum atomic E-state index is 12.0. The fourth-order valence-electron chi connectivity index (χ4n) is 3.06. The van der Waals surface area contributed by atoms with E-state index in [1.165, 1.54) is 0 Å². The van der Waals surface area contributed by atoms with E-state index in [4.69, 9.17) is 9.47 Å². The van der Waals surface area contributed by atoms with Crippen LogP contribution in [0.1, 0.15) is 64.7 Å². The fourth-order valence-corrected chi connectivity index (χ4v) is 3.06. The molecule has 0 radical (unpaired) electrons. The van der Waals surface area contributed by atoms with Crippen LogP contribution in [0.15, 0.2) is 54.6 Å². The highest BCUT2D eigenvalue weighted by molar-refractivity contribution is 5.73. The number of hydrogen-bond donors (Lipinski definition) is 0. The molecule has 2 rings (SSSR count). The topological polar surface area (TPSA) is 52.6 Å². The maximum absolute atomic E-state index is 12.0. The van der Waals surface area contributed by atoms with Crippen molar-refractivity contribution in [3.8, 4) is 16.9 Å². The Labute approximate surface area is 174 Å². The van der Waals surface area contributed by atoms with Crippen molar-refractivity contribution in [2.75, 3.05) is 6.61 Å². The van der Waals surface area contributed by atoms with Crippen molar-refractivity contribution in [3.63, 3.8) is 0 Å². The largest absolute Gasteiger partial charge is 0.466 e. The highest BCUT2D eigenvalue weighted by Crippen LogP contribution is 2.22. The van der Waals surface area contributed by atoms with E-state index in [1.54, 1.807) is 0 Å². The molecule has 0 N–H and O–H groups in total. The summed E-state index contributed by atoms with van der Waals surface area (Å²) in [5, 5.41) is 0. The Morgan fingerprint density at radius 3 is 1.86 bits per heavy atom. The molecule has 0 fully saturated rings. The van der Waals surface area contributed by atoms with Gasteiger partial charge in [0.05, 0.1) is 6.61 Å². The number of rotatable bonds is 13. The van der Waals surface area contributed by atoms with E-state index in [1.807, 2.05) is 49.4 Å². The van der Waals surface area contributed by atoms with Crippen LogP contribution in [0.5, 0.6) is 5.75 Å². The summed E-state index contributed by atoms with van der Waals surface area (Å²) < 4.78 is 10.5. The third-order valence-corrected chi connectivity index (χ3v) is 4.67. The first kappa shape index (κ1) is 22.7. The predicted molar refractivity (Wildman–Crippen MR) is 116 cm³/mol. The summed E-state index contributed by atoms with van der Waals surface area (Å²) in [5.74, 6) is 0.312. The normalized spacial score (nSPS) is 10.5. The smallest absolute Gasteiger partial charge is 0.311 e. The molecule has 4 nitrogen and oxygen atoms in total. The summed E-state index contributed by atoms with van der Waals surface area (Å²) in [6.07, 6.45) is 7.71. The van der Waals surface area contributed by atoms with Crippen LogP contribution in [0, 0.1) is 0 Å². The van der Waals surface area contributed by atoms with E-state index in [2.05, 4.69) is 12.1 Å². The minimum absolute atomic E-state index is 0.0913. The van der Waals surface area contributed by atoms with E-state index >= 15 is 0 Å². The minimum Gasteiger partial charge on any atom is -0.466 e. The lowest BCUT2D eigenvalue weighted by Crippen LogP contribution is -2.07. The third-order valence-electron chi connectivity index (χ3n) is 4.67. The summed E-state index contributed by atoms with van der Waals surface area (Å²) in [4.78, 5) is 23.4. The molecule has 0 saturated heterocycles. The van der Waals surface area contributed by atoms with Gasteiger partial charge in [-0.15, -0.1) is 0 Å². The molecule has 0 unspecified atom stereocenters. The van der Waals surface area contributed by atoms with Gasteiger partial charge in [0.15, 0.2) is 0 Å². The van der Waals surface area contributed by atoms with Crippen molar-refractivity contribution in [2.45, 2.75) is 64.7 Å². The van der Waals surface area contributed by atoms with Crippen molar-refractivity contribution < 1.29 is 19.1 Å². The number of carbonyl (C=O) groups excluding carboxylic acids is 2. The molecule has 0 aromatic heterocycles. The summed E-state index contributed by atoms with van der Waals surface area (Å²) >= 11 is 0. The second kappa shape index (κ2) is 13.5. The first-order chi connectivity index (χ1) is 14.2. The Morgan fingerprint density at radius 1 is 0.690 bits per heavy atom. The van der Waals surface area contributed by atoms with Gasteiger partial charge >= 0.3 is 11.9 Å². The van der Waals surface area contributed by atoms with Crippen LogP contribution in [0.25, 0.3) is 11.1 Å². The van der Waals surface area contributed by atoms with Gasteiger partial charge in [-0.3, -0.25) is 9.59 Å². The molecule has 0 aliphatic rings. The van der Waals surface area contributed by atoms with Crippen molar-refractivity contribution in [1.82, 2.24) is 0 Å². The van der Waals surface area contributed by atoms with Crippen LogP contribution in [0.4, 0.5) is 0 Å². The summed E-state index contributed by atoms with van der Waals surface area (Å²) in [7, 11) is 0. The van der Waals surface area contributed by atoms with Gasteiger partial charge in [-0.05, 0) is 42.5 Å². The van der Waals surface area contributed by atoms with Gasteiger partial charge in [0, 0.05) is 12.8 Å². The van der Waals surface area contributed by atoms with Gasteiger partial charge in [-0.25, -0.2) is 0 Å². The van der Waals surface area contributed by atoms with Gasteiger partial charge in [0.1, 0.15) is 5.75 Å². The Balaban J connectivity index is 1.53. The fraction of sp³-hybridized carbons (Fsp3) is 0.440. The first-order valence-electron chi connectivity index (χ1n) is 10.7. The van der Waals surface area contributed by atoms with Crippen LogP contribution in [0.2, 0.25) is 0 Å². The molecule has 29 heavy (non-hydrogen) atoms. The Kier molecular flexibility index (Phi) is 10.6. The molecule has 0 bridgehead atoms. The van der Waals surface area contributed by atoms with Gasteiger partial charge < -0.3 is 9.47 Å². The monoisotopic (exact) mass is 396 g/mol. The SMILES string of the molecule is CCCOC(=O)CCCCCCCCC(=O)Oc1ccc(-c2ccccc2)cc1. The molecule has 0 atom stereocenters. The second-order valence-electron chi connectivity index (χ2n) is 7.21. The maximum Gasteiger partial charge on any atom is 0.311 e. The first-order valence-corrected chi connectivity index (χ1v) is 10.7. The number of hydrogen-bond acceptors (Lipinski definition) is 4. The number of esters is 2. The number of benzene rings is 2. The highest BCUT2D eigenvalue weighted by atomic mass is 16.5. The lowest BCUT2D eigenvalue weighted by Gasteiger charge is -2.06. The van der Waals surface area contributed by atoms with E-state index in [0.29, 0.717) is 25.2 Å². The number of unbranched alkanes of at least 4 members (excludes halogenated alkanes) is 5. The van der Waals surface area contributed by atoms with Gasteiger partial charge in [-0.2, -0.15) is 0 Å². The van der Waals surface area contributed by atoms with Gasteiger partial charge in [0.2, 0.25) is 0 Å². The molecule has 2 aromatic carbocycles. The Bertz CT molecular complexity index is 722. The number of ether oxygens (including phenoxy) is 2. The molecule has 4 heteroatoms. The van der Waals surface area contributed by atoms with Crippen LogP contribution >= 0.6 is 0 Å². The van der Waals surface area contributed by atoms with Crippen molar-refractivity contribution >= 4 is 11.9 Å². The van der Waals surface area contributed by atoms with Crippen LogP contribution < -0.4 is 4.74 Å². The zero-order chi connectivity index (χ0) is 20.7. The van der Waals surface area contributed by atoms with E-state index in [9.17, 15) is 9.59 Å². The van der Waals surface area contributed by atoms with Gasteiger partial charge in [0.25, 0.3) is 0 Å². The van der Waals surface area contributed by atoms with Crippen molar-refractivity contribution in [1.29, 1.82) is 0 Å². The summed E-state index contributed by atoms with van der Waals surface area (Å²) in [5.41, 5.74) is 2.24. The molecule has 0 spiro atoms. The average Bonchev–Trinajstić information content (AvgIpc) is 2.75. The second-order valence-corrected chi connectivity index (χ2v) is 7.21. The molecular formula is C25H32O4. The van der Waals surface area contributed by atoms with Crippen molar-refractivity contribution in [2.24, 2.45) is 0 Å². The van der Waals surface area contributed by atoms with Crippen LogP contribution in [-0.2, 0) is 14.3 Å². The predicted octanol–water partition coefficient (Wildman–Crippen LogP) is 6.33. The minimum atomic E-state index is -0.184. The molecule has 2 aromatic rings. The molecule has 0 aliphatic heterocycles. The third kappa shape index (κ3) is 9.42. The Hall–Kier alpha value is -2.62. The van der Waals surface area contributed by atoms with E-state index in [0.717, 1.165) is 56.1 Å². The lowest BCUT2D eigenvalue weighted by atomic mass is 10.1. The summed E-state index contributed by atoms with van der Waals surface area (Å²) in [6.45, 7) is 2.51. The Morgan fingerprint density at radius 2 is 1.24 bits per heavy atom. The van der Waals surface area contributed by atoms with Crippen molar-refractivity contribution in [3.05, 3.63) is 54.6 Å². The average molecular weight is 397 g/mol. The van der Waals surface area contributed by atoms with Crippen LogP contribution in [0.3, 0.4) is 0 Å². The number of carbonyl (C=O) groups is 2.